The molecule has 0 radical (unpaired) electrons. The van der Waals surface area contributed by atoms with Crippen LogP contribution in [0.3, 0.4) is 0 Å². The molecule has 1 aromatic carbocycles. The zero-order valence-electron chi connectivity index (χ0n) is 7.43. The third kappa shape index (κ3) is 4.05. The summed E-state index contributed by atoms with van der Waals surface area (Å²) in [7, 11) is 0. The third-order valence-corrected chi connectivity index (χ3v) is 1.98. The van der Waals surface area contributed by atoms with Crippen LogP contribution in [0.1, 0.15) is 13.3 Å². The van der Waals surface area contributed by atoms with Crippen LogP contribution in [0, 0.1) is 0 Å². The summed E-state index contributed by atoms with van der Waals surface area (Å²) in [5.41, 5.74) is 0. The molecule has 0 saturated heterocycles. The Kier molecular flexibility index (Phi) is 4.49. The molecule has 1 atom stereocenters. The lowest BCUT2D eigenvalue weighted by molar-refractivity contribution is 0.310. The first kappa shape index (κ1) is 10.2. The summed E-state index contributed by atoms with van der Waals surface area (Å²) < 4.78 is 20.8. The summed E-state index contributed by atoms with van der Waals surface area (Å²) in [6.45, 7) is 2.39. The van der Waals surface area contributed by atoms with Gasteiger partial charge in [-0.3, -0.25) is 4.18 Å². The molecule has 72 valence electrons. The van der Waals surface area contributed by atoms with Crippen molar-refractivity contribution in [3.63, 3.8) is 0 Å². The second kappa shape index (κ2) is 5.72. The first-order valence-corrected chi connectivity index (χ1v) is 5.11. The summed E-state index contributed by atoms with van der Waals surface area (Å²) in [6.07, 6.45) is 0.823. The van der Waals surface area contributed by atoms with Gasteiger partial charge in [0.05, 0.1) is 6.61 Å². The standard InChI is InChI=1S/C9H12O3S/c1-2-8-11-13(10)12-9-6-4-3-5-7-9/h3-7H,2,8H2,1H3. The predicted octanol–water partition coefficient (Wildman–Crippen LogP) is 2.07. The van der Waals surface area contributed by atoms with E-state index < -0.39 is 11.4 Å². The number of benzene rings is 1. The van der Waals surface area contributed by atoms with Crippen LogP contribution < -0.4 is 4.18 Å². The normalized spacial score (nSPS) is 12.4. The Bertz CT molecular complexity index is 261. The Morgan fingerprint density at radius 1 is 1.31 bits per heavy atom. The number of hydrogen-bond acceptors (Lipinski definition) is 3. The molecule has 0 aliphatic carbocycles. The molecule has 0 spiro atoms. The molecule has 1 rings (SSSR count). The van der Waals surface area contributed by atoms with E-state index in [0.717, 1.165) is 6.42 Å². The van der Waals surface area contributed by atoms with Crippen molar-refractivity contribution in [1.29, 1.82) is 0 Å². The number of para-hydroxylation sites is 1. The fourth-order valence-electron chi connectivity index (χ4n) is 0.730. The van der Waals surface area contributed by atoms with E-state index in [1.54, 1.807) is 12.1 Å². The molecule has 0 N–H and O–H groups in total. The highest BCUT2D eigenvalue weighted by Crippen LogP contribution is 2.10. The van der Waals surface area contributed by atoms with Gasteiger partial charge in [-0.25, -0.2) is 0 Å². The molecule has 0 saturated carbocycles. The van der Waals surface area contributed by atoms with E-state index >= 15 is 0 Å². The zero-order valence-corrected chi connectivity index (χ0v) is 8.25. The Morgan fingerprint density at radius 3 is 2.62 bits per heavy atom. The van der Waals surface area contributed by atoms with Crippen LogP contribution >= 0.6 is 0 Å². The van der Waals surface area contributed by atoms with Crippen LogP contribution in [0.4, 0.5) is 0 Å². The van der Waals surface area contributed by atoms with E-state index in [2.05, 4.69) is 0 Å². The van der Waals surface area contributed by atoms with Gasteiger partial charge >= 0.3 is 11.4 Å². The van der Waals surface area contributed by atoms with Crippen molar-refractivity contribution < 1.29 is 12.6 Å². The lowest BCUT2D eigenvalue weighted by Gasteiger charge is -2.02. The minimum atomic E-state index is -1.67. The first-order chi connectivity index (χ1) is 6.33. The van der Waals surface area contributed by atoms with Crippen molar-refractivity contribution in [3.8, 4) is 5.75 Å². The molecular formula is C9H12O3S. The van der Waals surface area contributed by atoms with Crippen molar-refractivity contribution in [1.82, 2.24) is 0 Å². The second-order valence-corrected chi connectivity index (χ2v) is 3.23. The van der Waals surface area contributed by atoms with E-state index in [9.17, 15) is 4.21 Å². The van der Waals surface area contributed by atoms with Gasteiger partial charge in [-0.15, -0.1) is 0 Å². The summed E-state index contributed by atoms with van der Waals surface area (Å²) in [6, 6.07) is 8.95. The van der Waals surface area contributed by atoms with E-state index in [-0.39, 0.29) is 0 Å². The Morgan fingerprint density at radius 2 is 2.00 bits per heavy atom. The molecule has 4 heteroatoms. The summed E-state index contributed by atoms with van der Waals surface area (Å²) in [4.78, 5) is 0. The summed E-state index contributed by atoms with van der Waals surface area (Å²) >= 11 is -1.67. The van der Waals surface area contributed by atoms with Gasteiger partial charge in [0.1, 0.15) is 5.75 Å². The van der Waals surface area contributed by atoms with Crippen LogP contribution in [-0.4, -0.2) is 10.8 Å². The topological polar surface area (TPSA) is 35.5 Å². The smallest absolute Gasteiger partial charge is 0.360 e. The van der Waals surface area contributed by atoms with E-state index in [0.29, 0.717) is 12.4 Å². The summed E-state index contributed by atoms with van der Waals surface area (Å²) in [5, 5.41) is 0. The van der Waals surface area contributed by atoms with Crippen LogP contribution in [0.2, 0.25) is 0 Å². The van der Waals surface area contributed by atoms with Gasteiger partial charge in [-0.1, -0.05) is 25.1 Å². The molecule has 3 nitrogen and oxygen atoms in total. The van der Waals surface area contributed by atoms with Gasteiger partial charge in [0.2, 0.25) is 0 Å². The maximum absolute atomic E-state index is 11.0. The zero-order chi connectivity index (χ0) is 9.52. The van der Waals surface area contributed by atoms with Crippen molar-refractivity contribution >= 4 is 11.4 Å². The van der Waals surface area contributed by atoms with Gasteiger partial charge < -0.3 is 4.18 Å². The number of rotatable bonds is 5. The minimum absolute atomic E-state index is 0.444. The van der Waals surface area contributed by atoms with Crippen molar-refractivity contribution in [2.75, 3.05) is 6.61 Å². The molecule has 1 unspecified atom stereocenters. The van der Waals surface area contributed by atoms with Crippen molar-refractivity contribution in [2.24, 2.45) is 0 Å². The van der Waals surface area contributed by atoms with Crippen LogP contribution in [0.25, 0.3) is 0 Å². The van der Waals surface area contributed by atoms with Crippen molar-refractivity contribution in [3.05, 3.63) is 30.3 Å². The summed E-state index contributed by atoms with van der Waals surface area (Å²) in [5.74, 6) is 0.553. The molecule has 0 heterocycles. The van der Waals surface area contributed by atoms with Crippen LogP contribution in [0.5, 0.6) is 5.75 Å². The monoisotopic (exact) mass is 200 g/mol. The fourth-order valence-corrected chi connectivity index (χ4v) is 1.35. The lowest BCUT2D eigenvalue weighted by atomic mass is 10.3. The molecule has 0 aliphatic rings. The second-order valence-electron chi connectivity index (χ2n) is 2.42. The van der Waals surface area contributed by atoms with Gasteiger partial charge in [0.15, 0.2) is 0 Å². The molecule has 0 bridgehead atoms. The Labute approximate surface area is 80.5 Å². The Balaban J connectivity index is 2.37. The van der Waals surface area contributed by atoms with Crippen molar-refractivity contribution in [2.45, 2.75) is 13.3 Å². The molecule has 0 aromatic heterocycles. The maximum atomic E-state index is 11.0. The largest absolute Gasteiger partial charge is 0.380 e. The SMILES string of the molecule is CCCOS(=O)Oc1ccccc1. The molecule has 1 aromatic rings. The van der Waals surface area contributed by atoms with E-state index in [1.165, 1.54) is 0 Å². The third-order valence-electron chi connectivity index (χ3n) is 1.29. The first-order valence-electron chi connectivity index (χ1n) is 4.11. The fraction of sp³-hybridized carbons (Fsp3) is 0.333. The highest BCUT2D eigenvalue weighted by Gasteiger charge is 2.00. The number of hydrogen-bond donors (Lipinski definition) is 0. The molecule has 0 fully saturated rings. The lowest BCUT2D eigenvalue weighted by Crippen LogP contribution is -2.05. The van der Waals surface area contributed by atoms with Gasteiger partial charge in [0, 0.05) is 0 Å². The predicted molar refractivity (Wildman–Crippen MR) is 51.5 cm³/mol. The molecular weight excluding hydrogens is 188 g/mol. The quantitative estimate of drug-likeness (QED) is 0.730. The molecule has 13 heavy (non-hydrogen) atoms. The van der Waals surface area contributed by atoms with E-state index in [4.69, 9.17) is 8.37 Å². The van der Waals surface area contributed by atoms with Gasteiger partial charge in [-0.05, 0) is 18.6 Å². The highest BCUT2D eigenvalue weighted by molar-refractivity contribution is 7.75. The van der Waals surface area contributed by atoms with Crippen LogP contribution in [0.15, 0.2) is 30.3 Å². The van der Waals surface area contributed by atoms with Gasteiger partial charge in [-0.2, -0.15) is 4.21 Å². The average molecular weight is 200 g/mol. The highest BCUT2D eigenvalue weighted by atomic mass is 32.2. The Hall–Kier alpha value is -0.870. The van der Waals surface area contributed by atoms with Gasteiger partial charge in [0.25, 0.3) is 0 Å². The minimum Gasteiger partial charge on any atom is -0.380 e. The molecule has 0 aliphatic heterocycles. The average Bonchev–Trinajstić information content (AvgIpc) is 2.16. The van der Waals surface area contributed by atoms with Crippen LogP contribution in [-0.2, 0) is 15.5 Å². The molecule has 0 amide bonds. The van der Waals surface area contributed by atoms with E-state index in [1.807, 2.05) is 25.1 Å². The maximum Gasteiger partial charge on any atom is 0.360 e.